The second-order valence-electron chi connectivity index (χ2n) is 7.13. The number of carbonyl (C=O) groups excluding carboxylic acids is 5. The number of nitrogens with one attached hydrogen (secondary N) is 1. The van der Waals surface area contributed by atoms with E-state index in [1.807, 2.05) is 0 Å². The molecule has 2 rings (SSSR count). The topological polar surface area (TPSA) is 144 Å². The molecule has 178 valence electrons. The first-order valence-corrected chi connectivity index (χ1v) is 9.96. The predicted octanol–water partition coefficient (Wildman–Crippen LogP) is 1.10. The normalized spacial score (nSPS) is 24.5. The Labute approximate surface area is 189 Å². The van der Waals surface area contributed by atoms with Crippen molar-refractivity contribution in [1.82, 2.24) is 5.48 Å². The van der Waals surface area contributed by atoms with E-state index in [1.54, 1.807) is 24.3 Å². The molecule has 1 aromatic rings. The molecular formula is C22H25NO10. The van der Waals surface area contributed by atoms with Crippen LogP contribution in [0.4, 0.5) is 0 Å². The molecular weight excluding hydrogens is 438 g/mol. The summed E-state index contributed by atoms with van der Waals surface area (Å²) in [7, 11) is 0. The van der Waals surface area contributed by atoms with Crippen molar-refractivity contribution in [2.75, 3.05) is 0 Å². The van der Waals surface area contributed by atoms with E-state index in [4.69, 9.17) is 23.8 Å². The molecule has 11 heteroatoms. The zero-order valence-corrected chi connectivity index (χ0v) is 18.5. The van der Waals surface area contributed by atoms with Crippen molar-refractivity contribution in [2.24, 2.45) is 0 Å². The van der Waals surface area contributed by atoms with Crippen LogP contribution in [0, 0.1) is 0 Å². The first-order chi connectivity index (χ1) is 15.6. The van der Waals surface area contributed by atoms with Gasteiger partial charge in [0.05, 0.1) is 6.10 Å². The smallest absolute Gasteiger partial charge is 0.303 e. The van der Waals surface area contributed by atoms with Crippen molar-refractivity contribution < 1.29 is 47.8 Å². The number of ether oxygens (including phenoxy) is 4. The third-order valence-corrected chi connectivity index (χ3v) is 4.41. The largest absolute Gasteiger partial charge is 0.456 e. The van der Waals surface area contributed by atoms with Gasteiger partial charge >= 0.3 is 17.9 Å². The van der Waals surface area contributed by atoms with Crippen molar-refractivity contribution >= 4 is 36.2 Å². The lowest BCUT2D eigenvalue weighted by Crippen LogP contribution is -2.62. The lowest BCUT2D eigenvalue weighted by Gasteiger charge is -2.42. The Morgan fingerprint density at radius 3 is 1.91 bits per heavy atom. The molecule has 1 amide bonds. The van der Waals surface area contributed by atoms with E-state index in [0.717, 1.165) is 13.8 Å². The highest BCUT2D eigenvalue weighted by atomic mass is 16.8. The van der Waals surface area contributed by atoms with Crippen LogP contribution in [0.15, 0.2) is 30.3 Å². The highest BCUT2D eigenvalue weighted by Gasteiger charge is 2.51. The molecule has 1 saturated heterocycles. The number of benzene rings is 1. The molecule has 0 bridgehead atoms. The summed E-state index contributed by atoms with van der Waals surface area (Å²) >= 11 is 0. The van der Waals surface area contributed by atoms with Gasteiger partial charge < -0.3 is 18.9 Å². The van der Waals surface area contributed by atoms with Crippen LogP contribution in [0.1, 0.15) is 43.6 Å². The van der Waals surface area contributed by atoms with Crippen LogP contribution in [0.3, 0.4) is 0 Å². The SMILES string of the molecule is CC(=O)O[C@H]1[C@H](OC(C)=O)[C@H](ONC(=O)/C=C/c2ccc(C=O)cc2)O[C@@H](C)[C@H]1OC(C)=O. The predicted molar refractivity (Wildman–Crippen MR) is 111 cm³/mol. The van der Waals surface area contributed by atoms with Crippen LogP contribution < -0.4 is 5.48 Å². The van der Waals surface area contributed by atoms with Crippen molar-refractivity contribution in [3.05, 3.63) is 41.5 Å². The summed E-state index contributed by atoms with van der Waals surface area (Å²) in [4.78, 5) is 62.9. The van der Waals surface area contributed by atoms with E-state index in [-0.39, 0.29) is 0 Å². The molecule has 0 saturated carbocycles. The average molecular weight is 463 g/mol. The van der Waals surface area contributed by atoms with Gasteiger partial charge in [0.1, 0.15) is 6.29 Å². The standard InChI is InChI=1S/C22H25NO10/c1-12-19(30-13(2)25)20(31-14(3)26)21(32-15(4)27)22(29-12)33-23-18(28)10-9-16-5-7-17(11-24)8-6-16/h5-12,19-22H,1-4H3,(H,23,28)/b10-9+/t12-,19+,20+,21-,22-/m0/s1. The van der Waals surface area contributed by atoms with Gasteiger partial charge in [0.25, 0.3) is 5.91 Å². The van der Waals surface area contributed by atoms with Crippen molar-refractivity contribution in [1.29, 1.82) is 0 Å². The summed E-state index contributed by atoms with van der Waals surface area (Å²) in [6.07, 6.45) is -2.51. The molecule has 0 aromatic heterocycles. The quantitative estimate of drug-likeness (QED) is 0.196. The number of hydrogen-bond acceptors (Lipinski definition) is 10. The number of hydroxylamine groups is 1. The Morgan fingerprint density at radius 2 is 1.36 bits per heavy atom. The van der Waals surface area contributed by atoms with E-state index in [1.165, 1.54) is 26.0 Å². The zero-order chi connectivity index (χ0) is 24.5. The molecule has 33 heavy (non-hydrogen) atoms. The number of esters is 3. The number of hydrogen-bond donors (Lipinski definition) is 1. The fraction of sp³-hybridized carbons (Fsp3) is 0.409. The molecule has 0 radical (unpaired) electrons. The Bertz CT molecular complexity index is 910. The number of aldehydes is 1. The molecule has 1 aliphatic rings. The maximum absolute atomic E-state index is 12.2. The van der Waals surface area contributed by atoms with E-state index >= 15 is 0 Å². The molecule has 0 aliphatic carbocycles. The molecule has 0 spiro atoms. The minimum atomic E-state index is -1.37. The molecule has 1 heterocycles. The van der Waals surface area contributed by atoms with Crippen molar-refractivity contribution in [3.63, 3.8) is 0 Å². The third kappa shape index (κ3) is 7.81. The summed E-state index contributed by atoms with van der Waals surface area (Å²) in [6.45, 7) is 4.97. The van der Waals surface area contributed by atoms with Crippen LogP contribution >= 0.6 is 0 Å². The lowest BCUT2D eigenvalue weighted by atomic mass is 9.99. The van der Waals surface area contributed by atoms with Crippen molar-refractivity contribution in [2.45, 2.75) is 58.4 Å². The van der Waals surface area contributed by atoms with Gasteiger partial charge in [-0.15, -0.1) is 0 Å². The van der Waals surface area contributed by atoms with Crippen LogP contribution in [-0.4, -0.2) is 60.8 Å². The molecule has 1 aliphatic heterocycles. The first-order valence-electron chi connectivity index (χ1n) is 9.96. The van der Waals surface area contributed by atoms with E-state index < -0.39 is 54.5 Å². The lowest BCUT2D eigenvalue weighted by molar-refractivity contribution is -0.311. The third-order valence-electron chi connectivity index (χ3n) is 4.41. The van der Waals surface area contributed by atoms with Gasteiger partial charge in [-0.25, -0.2) is 10.3 Å². The Morgan fingerprint density at radius 1 is 0.848 bits per heavy atom. The average Bonchev–Trinajstić information content (AvgIpc) is 2.75. The van der Waals surface area contributed by atoms with Crippen LogP contribution in [-0.2, 0) is 43.0 Å². The number of rotatable bonds is 8. The maximum Gasteiger partial charge on any atom is 0.303 e. The summed E-state index contributed by atoms with van der Waals surface area (Å²) in [5.74, 6) is -2.78. The number of carbonyl (C=O) groups is 5. The maximum atomic E-state index is 12.2. The Hall–Kier alpha value is -3.57. The summed E-state index contributed by atoms with van der Waals surface area (Å²) in [5.41, 5.74) is 3.31. The fourth-order valence-electron chi connectivity index (χ4n) is 3.07. The van der Waals surface area contributed by atoms with Gasteiger partial charge in [-0.2, -0.15) is 0 Å². The highest BCUT2D eigenvalue weighted by Crippen LogP contribution is 2.29. The van der Waals surface area contributed by atoms with Crippen LogP contribution in [0.5, 0.6) is 0 Å². The van der Waals surface area contributed by atoms with Gasteiger partial charge in [-0.3, -0.25) is 24.0 Å². The minimum absolute atomic E-state index is 0.495. The highest BCUT2D eigenvalue weighted by molar-refractivity contribution is 5.91. The van der Waals surface area contributed by atoms with Crippen LogP contribution in [0.2, 0.25) is 0 Å². The monoisotopic (exact) mass is 463 g/mol. The Balaban J connectivity index is 2.13. The first kappa shape index (κ1) is 25.7. The zero-order valence-electron chi connectivity index (χ0n) is 18.5. The second kappa shape index (κ2) is 11.9. The molecule has 1 N–H and O–H groups in total. The van der Waals surface area contributed by atoms with E-state index in [0.29, 0.717) is 17.4 Å². The van der Waals surface area contributed by atoms with E-state index in [9.17, 15) is 24.0 Å². The van der Waals surface area contributed by atoms with Gasteiger partial charge in [0.15, 0.2) is 18.3 Å². The summed E-state index contributed by atoms with van der Waals surface area (Å²) in [6, 6.07) is 6.49. The fourth-order valence-corrected chi connectivity index (χ4v) is 3.07. The van der Waals surface area contributed by atoms with Gasteiger partial charge in [-0.05, 0) is 18.6 Å². The van der Waals surface area contributed by atoms with E-state index in [2.05, 4.69) is 5.48 Å². The van der Waals surface area contributed by atoms with Gasteiger partial charge in [0.2, 0.25) is 6.29 Å². The van der Waals surface area contributed by atoms with Crippen molar-refractivity contribution in [3.8, 4) is 0 Å². The molecule has 11 nitrogen and oxygen atoms in total. The summed E-state index contributed by atoms with van der Waals surface area (Å²) < 4.78 is 21.3. The van der Waals surface area contributed by atoms with Gasteiger partial charge in [0, 0.05) is 32.4 Å². The molecule has 5 atom stereocenters. The second-order valence-corrected chi connectivity index (χ2v) is 7.13. The minimum Gasteiger partial charge on any atom is -0.456 e. The summed E-state index contributed by atoms with van der Waals surface area (Å²) in [5, 5.41) is 0. The van der Waals surface area contributed by atoms with Gasteiger partial charge in [-0.1, -0.05) is 24.3 Å². The number of amides is 1. The molecule has 1 aromatic carbocycles. The Kier molecular flexibility index (Phi) is 9.25. The van der Waals surface area contributed by atoms with Crippen LogP contribution in [0.25, 0.3) is 6.08 Å². The molecule has 0 unspecified atom stereocenters. The molecule has 1 fully saturated rings.